The lowest BCUT2D eigenvalue weighted by Gasteiger charge is -2.28. The Morgan fingerprint density at radius 1 is 0.875 bits per heavy atom. The second-order valence-corrected chi connectivity index (χ2v) is 6.26. The third-order valence-electron chi connectivity index (χ3n) is 4.54. The molecule has 0 spiro atoms. The highest BCUT2D eigenvalue weighted by molar-refractivity contribution is 5.40. The normalized spacial score (nSPS) is 12.5. The molecule has 0 fully saturated rings. The molecule has 1 unspecified atom stereocenters. The van der Waals surface area contributed by atoms with Crippen molar-refractivity contribution >= 4 is 0 Å². The average Bonchev–Trinajstić information content (AvgIpc) is 2.58. The smallest absolute Gasteiger partial charge is 0.157 e. The van der Waals surface area contributed by atoms with E-state index in [0.717, 1.165) is 37.9 Å². The molecule has 0 heterocycles. The van der Waals surface area contributed by atoms with Crippen LogP contribution in [0.4, 0.5) is 0 Å². The van der Waals surface area contributed by atoms with Gasteiger partial charge >= 0.3 is 0 Å². The van der Waals surface area contributed by atoms with E-state index in [1.165, 1.54) is 11.6 Å². The lowest BCUT2D eigenvalue weighted by molar-refractivity contribution is 0.212. The van der Waals surface area contributed by atoms with Gasteiger partial charge in [0.05, 0.1) is 0 Å². The lowest BCUT2D eigenvalue weighted by atomic mass is 10.0. The number of aryl methyl sites for hydroxylation is 1. The number of rotatable bonds is 8. The topological polar surface area (TPSA) is 63.9 Å². The monoisotopic (exact) mass is 329 g/mol. The largest absolute Gasteiger partial charge is 0.508 e. The standard InChI is InChI=1S/C20H27NO3/c1-3-21(13-12-17-8-11-19(23)20(24)14-17)15(2)4-5-16-6-9-18(22)10-7-16/h6-11,14-15,22-24H,3-5,12-13H2,1-2H3. The molecule has 0 saturated heterocycles. The summed E-state index contributed by atoms with van der Waals surface area (Å²) < 4.78 is 0. The quantitative estimate of drug-likeness (QED) is 0.646. The second-order valence-electron chi connectivity index (χ2n) is 6.26. The molecule has 0 saturated carbocycles. The maximum Gasteiger partial charge on any atom is 0.157 e. The van der Waals surface area contributed by atoms with Crippen LogP contribution in [0.5, 0.6) is 17.2 Å². The van der Waals surface area contributed by atoms with E-state index in [0.29, 0.717) is 11.8 Å². The number of phenols is 3. The van der Waals surface area contributed by atoms with Crippen molar-refractivity contribution in [3.05, 3.63) is 53.6 Å². The van der Waals surface area contributed by atoms with Crippen LogP contribution in [0.2, 0.25) is 0 Å². The van der Waals surface area contributed by atoms with Gasteiger partial charge in [0.2, 0.25) is 0 Å². The summed E-state index contributed by atoms with van der Waals surface area (Å²) in [5.41, 5.74) is 2.26. The zero-order valence-corrected chi connectivity index (χ0v) is 14.4. The van der Waals surface area contributed by atoms with Crippen LogP contribution in [0.1, 0.15) is 31.4 Å². The Labute approximate surface area is 144 Å². The van der Waals surface area contributed by atoms with Crippen molar-refractivity contribution in [3.8, 4) is 17.2 Å². The zero-order valence-electron chi connectivity index (χ0n) is 14.4. The summed E-state index contributed by atoms with van der Waals surface area (Å²) in [7, 11) is 0. The molecule has 24 heavy (non-hydrogen) atoms. The van der Waals surface area contributed by atoms with Crippen LogP contribution in [0.3, 0.4) is 0 Å². The molecule has 4 heteroatoms. The molecule has 2 aromatic rings. The summed E-state index contributed by atoms with van der Waals surface area (Å²) in [6, 6.07) is 12.9. The molecule has 3 N–H and O–H groups in total. The van der Waals surface area contributed by atoms with Gasteiger partial charge in [0.15, 0.2) is 11.5 Å². The van der Waals surface area contributed by atoms with Gasteiger partial charge in [-0.2, -0.15) is 0 Å². The van der Waals surface area contributed by atoms with Crippen molar-refractivity contribution < 1.29 is 15.3 Å². The van der Waals surface area contributed by atoms with Crippen molar-refractivity contribution in [2.75, 3.05) is 13.1 Å². The number of likely N-dealkylation sites (N-methyl/N-ethyl adjacent to an activating group) is 1. The predicted molar refractivity (Wildman–Crippen MR) is 96.6 cm³/mol. The van der Waals surface area contributed by atoms with E-state index in [-0.39, 0.29) is 11.5 Å². The zero-order chi connectivity index (χ0) is 17.5. The molecule has 1 atom stereocenters. The third kappa shape index (κ3) is 5.17. The van der Waals surface area contributed by atoms with Crippen molar-refractivity contribution in [2.24, 2.45) is 0 Å². The van der Waals surface area contributed by atoms with Gasteiger partial charge in [0.1, 0.15) is 5.75 Å². The third-order valence-corrected chi connectivity index (χ3v) is 4.54. The Morgan fingerprint density at radius 2 is 1.54 bits per heavy atom. The van der Waals surface area contributed by atoms with Gasteiger partial charge in [-0.1, -0.05) is 25.1 Å². The molecule has 0 aromatic heterocycles. The van der Waals surface area contributed by atoms with Gasteiger partial charge in [-0.15, -0.1) is 0 Å². The first-order valence-corrected chi connectivity index (χ1v) is 8.52. The fraction of sp³-hybridized carbons (Fsp3) is 0.400. The molecular weight excluding hydrogens is 302 g/mol. The van der Waals surface area contributed by atoms with E-state index in [1.54, 1.807) is 18.2 Å². The summed E-state index contributed by atoms with van der Waals surface area (Å²) >= 11 is 0. The summed E-state index contributed by atoms with van der Waals surface area (Å²) in [5, 5.41) is 28.3. The second kappa shape index (κ2) is 8.60. The van der Waals surface area contributed by atoms with Crippen LogP contribution in [0.15, 0.2) is 42.5 Å². The first-order valence-electron chi connectivity index (χ1n) is 8.52. The van der Waals surface area contributed by atoms with E-state index < -0.39 is 0 Å². The van der Waals surface area contributed by atoms with Crippen molar-refractivity contribution in [3.63, 3.8) is 0 Å². The maximum absolute atomic E-state index is 9.58. The minimum absolute atomic E-state index is 0.0593. The van der Waals surface area contributed by atoms with Crippen LogP contribution in [0, 0.1) is 0 Å². The fourth-order valence-corrected chi connectivity index (χ4v) is 2.91. The molecule has 0 aliphatic carbocycles. The van der Waals surface area contributed by atoms with Crippen LogP contribution < -0.4 is 0 Å². The number of aromatic hydroxyl groups is 3. The first kappa shape index (κ1) is 18.1. The van der Waals surface area contributed by atoms with Crippen molar-refractivity contribution in [1.29, 1.82) is 0 Å². The number of nitrogens with zero attached hydrogens (tertiary/aromatic N) is 1. The Morgan fingerprint density at radius 3 is 2.17 bits per heavy atom. The van der Waals surface area contributed by atoms with Gasteiger partial charge in [-0.05, 0) is 68.1 Å². The molecular formula is C20H27NO3. The minimum Gasteiger partial charge on any atom is -0.508 e. The number of benzene rings is 2. The van der Waals surface area contributed by atoms with Gasteiger partial charge in [0, 0.05) is 12.6 Å². The number of hydrogen-bond donors (Lipinski definition) is 3. The Bertz CT molecular complexity index is 640. The lowest BCUT2D eigenvalue weighted by Crippen LogP contribution is -2.35. The molecule has 2 aromatic carbocycles. The molecule has 0 aliphatic heterocycles. The SMILES string of the molecule is CCN(CCc1ccc(O)c(O)c1)C(C)CCc1ccc(O)cc1. The highest BCUT2D eigenvalue weighted by Crippen LogP contribution is 2.25. The van der Waals surface area contributed by atoms with Crippen molar-refractivity contribution in [2.45, 2.75) is 39.2 Å². The van der Waals surface area contributed by atoms with Crippen LogP contribution in [-0.4, -0.2) is 39.4 Å². The fourth-order valence-electron chi connectivity index (χ4n) is 2.91. The maximum atomic E-state index is 9.58. The first-order chi connectivity index (χ1) is 11.5. The Balaban J connectivity index is 1.85. The van der Waals surface area contributed by atoms with Gasteiger partial charge < -0.3 is 20.2 Å². The molecule has 0 bridgehead atoms. The molecule has 0 amide bonds. The Hall–Kier alpha value is -2.20. The van der Waals surface area contributed by atoms with E-state index >= 15 is 0 Å². The van der Waals surface area contributed by atoms with E-state index in [1.807, 2.05) is 18.2 Å². The van der Waals surface area contributed by atoms with E-state index in [4.69, 9.17) is 0 Å². The van der Waals surface area contributed by atoms with Crippen LogP contribution in [0.25, 0.3) is 0 Å². The number of hydrogen-bond acceptors (Lipinski definition) is 4. The highest BCUT2D eigenvalue weighted by Gasteiger charge is 2.12. The van der Waals surface area contributed by atoms with Gasteiger partial charge in [0.25, 0.3) is 0 Å². The van der Waals surface area contributed by atoms with Gasteiger partial charge in [-0.3, -0.25) is 0 Å². The summed E-state index contributed by atoms with van der Waals surface area (Å²) in [6.45, 7) is 6.28. The summed E-state index contributed by atoms with van der Waals surface area (Å²) in [6.07, 6.45) is 2.88. The molecule has 130 valence electrons. The Kier molecular flexibility index (Phi) is 6.50. The van der Waals surface area contributed by atoms with Crippen LogP contribution in [-0.2, 0) is 12.8 Å². The van der Waals surface area contributed by atoms with Crippen molar-refractivity contribution in [1.82, 2.24) is 4.90 Å². The van der Waals surface area contributed by atoms with E-state index in [2.05, 4.69) is 18.7 Å². The molecule has 4 nitrogen and oxygen atoms in total. The minimum atomic E-state index is -0.0756. The highest BCUT2D eigenvalue weighted by atomic mass is 16.3. The van der Waals surface area contributed by atoms with E-state index in [9.17, 15) is 15.3 Å². The summed E-state index contributed by atoms with van der Waals surface area (Å²) in [4.78, 5) is 2.42. The average molecular weight is 329 g/mol. The summed E-state index contributed by atoms with van der Waals surface area (Å²) in [5.74, 6) is 0.170. The molecule has 0 radical (unpaired) electrons. The molecule has 2 rings (SSSR count). The molecule has 0 aliphatic rings. The predicted octanol–water partition coefficient (Wildman–Crippen LogP) is 3.69. The number of phenolic OH excluding ortho intramolecular Hbond substituents is 3. The van der Waals surface area contributed by atoms with Gasteiger partial charge in [-0.25, -0.2) is 0 Å². The van der Waals surface area contributed by atoms with Crippen LogP contribution >= 0.6 is 0 Å².